The third kappa shape index (κ3) is 4.98. The molecule has 3 aliphatic heterocycles. The summed E-state index contributed by atoms with van der Waals surface area (Å²) >= 11 is 0. The summed E-state index contributed by atoms with van der Waals surface area (Å²) in [6, 6.07) is 47.0. The number of aryl methyl sites for hydroxylation is 1. The summed E-state index contributed by atoms with van der Waals surface area (Å²) in [5.41, 5.74) is 12.9. The minimum Gasteiger partial charge on any atom is -0.458 e. The number of nitrogens with zero attached hydrogens (tertiary/aromatic N) is 1. The molecule has 53 heavy (non-hydrogen) atoms. The molecule has 3 heterocycles. The van der Waals surface area contributed by atoms with Gasteiger partial charge in [-0.15, -0.1) is 0 Å². The first-order valence-corrected chi connectivity index (χ1v) is 21.3. The van der Waals surface area contributed by atoms with Crippen LogP contribution < -0.4 is 46.8 Å². The van der Waals surface area contributed by atoms with Crippen molar-refractivity contribution in [1.82, 2.24) is 0 Å². The van der Waals surface area contributed by atoms with Crippen LogP contribution in [0.15, 0.2) is 121 Å². The lowest BCUT2D eigenvalue weighted by molar-refractivity contribution is 0.483. The number of ether oxygens (including phenoxy) is 1. The summed E-state index contributed by atoms with van der Waals surface area (Å²) in [5.74, 6) is 2.00. The van der Waals surface area contributed by atoms with E-state index in [9.17, 15) is 0 Å². The first-order chi connectivity index (χ1) is 25.1. The Hall–Kier alpha value is -4.80. The number of rotatable bonds is 3. The van der Waals surface area contributed by atoms with Gasteiger partial charge in [-0.1, -0.05) is 147 Å². The molecule has 0 saturated carbocycles. The maximum atomic E-state index is 7.27. The van der Waals surface area contributed by atoms with E-state index in [0.29, 0.717) is 0 Å². The van der Waals surface area contributed by atoms with Crippen molar-refractivity contribution in [2.24, 2.45) is 0 Å². The van der Waals surface area contributed by atoms with Crippen LogP contribution in [-0.4, -0.2) is 14.8 Å². The van der Waals surface area contributed by atoms with E-state index in [1.165, 1.54) is 76.5 Å². The van der Waals surface area contributed by atoms with E-state index in [1.807, 2.05) is 0 Å². The van der Waals surface area contributed by atoms with Crippen LogP contribution in [0.3, 0.4) is 0 Å². The lowest BCUT2D eigenvalue weighted by Gasteiger charge is -2.49. The van der Waals surface area contributed by atoms with Crippen molar-refractivity contribution in [3.63, 3.8) is 0 Å². The van der Waals surface area contributed by atoms with Crippen LogP contribution in [0.2, 0.25) is 0 Å². The van der Waals surface area contributed by atoms with Gasteiger partial charge in [0.05, 0.1) is 0 Å². The van der Waals surface area contributed by atoms with Gasteiger partial charge in [-0.3, -0.25) is 0 Å². The highest BCUT2D eigenvalue weighted by Gasteiger charge is 2.56. The van der Waals surface area contributed by atoms with E-state index in [0.717, 1.165) is 11.5 Å². The van der Waals surface area contributed by atoms with Crippen LogP contribution in [0, 0.1) is 6.92 Å². The van der Waals surface area contributed by atoms with Crippen LogP contribution in [0.25, 0.3) is 0 Å². The highest BCUT2D eigenvalue weighted by Crippen LogP contribution is 2.45. The van der Waals surface area contributed by atoms with Gasteiger partial charge in [-0.2, -0.15) is 0 Å². The molecule has 0 saturated heterocycles. The molecule has 0 spiro atoms. The van der Waals surface area contributed by atoms with E-state index >= 15 is 0 Å². The van der Waals surface area contributed by atoms with Crippen molar-refractivity contribution in [1.29, 1.82) is 0 Å². The van der Waals surface area contributed by atoms with Gasteiger partial charge >= 0.3 is 0 Å². The van der Waals surface area contributed by atoms with E-state index in [-0.39, 0.29) is 23.0 Å². The summed E-state index contributed by atoms with van der Waals surface area (Å²) in [6.07, 6.45) is 0. The van der Waals surface area contributed by atoms with Crippen LogP contribution in [0.1, 0.15) is 84.6 Å². The van der Waals surface area contributed by atoms with Gasteiger partial charge in [0.25, 0.3) is 6.71 Å². The minimum absolute atomic E-state index is 0.0130. The number of hydrogen-bond acceptors (Lipinski definition) is 2. The lowest BCUT2D eigenvalue weighted by atomic mass is 9.33. The van der Waals surface area contributed by atoms with Crippen molar-refractivity contribution in [3.8, 4) is 11.5 Å². The Kier molecular flexibility index (Phi) is 7.28. The Morgan fingerprint density at radius 3 is 1.60 bits per heavy atom. The minimum atomic E-state index is -2.90. The van der Waals surface area contributed by atoms with Crippen LogP contribution in [-0.2, 0) is 16.2 Å². The van der Waals surface area contributed by atoms with Gasteiger partial charge in [0.2, 0.25) is 0 Å². The summed E-state index contributed by atoms with van der Waals surface area (Å²) < 4.78 is 7.27. The molecule has 0 N–H and O–H groups in total. The third-order valence-corrected chi connectivity index (χ3v) is 16.9. The number of hydrogen-bond donors (Lipinski definition) is 0. The number of benzene rings is 6. The highest BCUT2D eigenvalue weighted by molar-refractivity contribution is 7.27. The molecule has 2 nitrogen and oxygen atoms in total. The average molecular weight is 708 g/mol. The molecule has 0 fully saturated rings. The molecule has 0 aromatic heterocycles. The quantitative estimate of drug-likeness (QED) is 0.173. The van der Waals surface area contributed by atoms with E-state index in [2.05, 4.69) is 195 Å². The zero-order valence-corrected chi connectivity index (χ0v) is 34.0. The lowest BCUT2D eigenvalue weighted by Crippen LogP contribution is -2.88. The zero-order valence-electron chi connectivity index (χ0n) is 33.0. The molecule has 0 aliphatic carbocycles. The molecule has 264 valence electrons. The largest absolute Gasteiger partial charge is 0.458 e. The molecule has 0 bridgehead atoms. The Morgan fingerprint density at radius 1 is 0.491 bits per heavy atom. The average Bonchev–Trinajstić information content (AvgIpc) is 3.11. The molecule has 3 aliphatic rings. The third-order valence-electron chi connectivity index (χ3n) is 12.1. The standard InChI is InChI=1S/C49H50BNOSi/c1-31-24-39-44-40(25-31)52-41-29-34(49(8,9)10)30-43-46(41)50(44)45-38(51(39)35-27-32(47(2,3)4)26-33(28-35)48(5,6)7)22-17-23-42(45)53(43,36-18-13-11-14-19-36)37-20-15-12-16-21-37/h11-30H,1-10H3. The van der Waals surface area contributed by atoms with E-state index < -0.39 is 8.07 Å². The van der Waals surface area contributed by atoms with Crippen LogP contribution in [0.5, 0.6) is 11.5 Å². The monoisotopic (exact) mass is 707 g/mol. The maximum absolute atomic E-state index is 7.27. The van der Waals surface area contributed by atoms with Crippen molar-refractivity contribution in [3.05, 3.63) is 144 Å². The van der Waals surface area contributed by atoms with Gasteiger partial charge < -0.3 is 9.64 Å². The van der Waals surface area contributed by atoms with E-state index in [4.69, 9.17) is 4.74 Å². The Labute approximate surface area is 318 Å². The number of anilines is 3. The second kappa shape index (κ2) is 11.4. The van der Waals surface area contributed by atoms with Gasteiger partial charge in [-0.25, -0.2) is 0 Å². The molecule has 0 atom stereocenters. The molecule has 6 aromatic rings. The zero-order chi connectivity index (χ0) is 37.2. The fraction of sp³-hybridized carbons (Fsp3) is 0.265. The normalized spacial score (nSPS) is 15.2. The molecular formula is C49H50BNOSi. The van der Waals surface area contributed by atoms with Gasteiger partial charge in [0.15, 0.2) is 8.07 Å². The van der Waals surface area contributed by atoms with Gasteiger partial charge in [0, 0.05) is 17.1 Å². The molecule has 9 rings (SSSR count). The SMILES string of the molecule is Cc1cc2c3c(c1)N(c1cc(C(C)(C)C)cc(C(C)(C)C)c1)c1cccc4c1B3c1c(cc(C(C)(C)C)cc1[Si]4(c1ccccc1)c1ccccc1)O2. The smallest absolute Gasteiger partial charge is 0.256 e. The van der Waals surface area contributed by atoms with Gasteiger partial charge in [0.1, 0.15) is 11.5 Å². The molecule has 6 aromatic carbocycles. The molecule has 0 unspecified atom stereocenters. The first-order valence-electron chi connectivity index (χ1n) is 19.3. The maximum Gasteiger partial charge on any atom is 0.256 e. The first kappa shape index (κ1) is 34.0. The topological polar surface area (TPSA) is 12.5 Å². The van der Waals surface area contributed by atoms with Crippen LogP contribution >= 0.6 is 0 Å². The Bertz CT molecular complexity index is 2380. The van der Waals surface area contributed by atoms with Crippen molar-refractivity contribution in [2.75, 3.05) is 4.90 Å². The molecule has 0 amide bonds. The second-order valence-corrected chi connectivity index (χ2v) is 22.5. The van der Waals surface area contributed by atoms with Crippen molar-refractivity contribution >= 4 is 69.0 Å². The van der Waals surface area contributed by atoms with Crippen LogP contribution in [0.4, 0.5) is 17.1 Å². The van der Waals surface area contributed by atoms with E-state index in [1.54, 1.807) is 0 Å². The summed E-state index contributed by atoms with van der Waals surface area (Å²) in [6.45, 7) is 23.3. The highest BCUT2D eigenvalue weighted by atomic mass is 28.3. The fourth-order valence-corrected chi connectivity index (χ4v) is 14.6. The summed E-state index contributed by atoms with van der Waals surface area (Å²) in [4.78, 5) is 2.59. The molecule has 4 heteroatoms. The Morgan fingerprint density at radius 2 is 1.04 bits per heavy atom. The predicted molar refractivity (Wildman–Crippen MR) is 230 cm³/mol. The predicted octanol–water partition coefficient (Wildman–Crippen LogP) is 7.98. The Balaban J connectivity index is 1.47. The van der Waals surface area contributed by atoms with Crippen molar-refractivity contribution < 1.29 is 4.74 Å². The molecular weight excluding hydrogens is 657 g/mol. The summed E-state index contributed by atoms with van der Waals surface area (Å²) in [5, 5.41) is 5.75. The van der Waals surface area contributed by atoms with Gasteiger partial charge in [-0.05, 0) is 119 Å². The summed E-state index contributed by atoms with van der Waals surface area (Å²) in [7, 11) is -2.90. The second-order valence-electron chi connectivity index (χ2n) is 18.7. The van der Waals surface area contributed by atoms with Crippen molar-refractivity contribution in [2.45, 2.75) is 85.5 Å². The fourth-order valence-electron chi connectivity index (χ4n) is 9.31. The molecule has 0 radical (unpaired) electrons.